The van der Waals surface area contributed by atoms with Crippen LogP contribution in [-0.4, -0.2) is 28.3 Å². The molecule has 0 spiro atoms. The largest absolute Gasteiger partial charge is 0.350 e. The van der Waals surface area contributed by atoms with Crippen molar-refractivity contribution in [2.45, 2.75) is 58.2 Å². The average molecular weight is 461 g/mol. The van der Waals surface area contributed by atoms with E-state index in [4.69, 9.17) is 0 Å². The van der Waals surface area contributed by atoms with Gasteiger partial charge in [0.25, 0.3) is 0 Å². The molecule has 0 radical (unpaired) electrons. The van der Waals surface area contributed by atoms with Crippen LogP contribution in [0.5, 0.6) is 0 Å². The van der Waals surface area contributed by atoms with Gasteiger partial charge in [-0.2, -0.15) is 0 Å². The molecule has 3 aromatic carbocycles. The van der Waals surface area contributed by atoms with Crippen LogP contribution in [0.1, 0.15) is 43.9 Å². The minimum absolute atomic E-state index is 0.0232. The summed E-state index contributed by atoms with van der Waals surface area (Å²) in [5.41, 5.74) is 1.89. The Bertz CT molecular complexity index is 1080. The van der Waals surface area contributed by atoms with Crippen molar-refractivity contribution in [3.05, 3.63) is 107 Å². The number of rotatable bonds is 9. The van der Waals surface area contributed by atoms with E-state index in [0.29, 0.717) is 18.4 Å². The number of carbonyl (C=O) groups excluding carboxylic acids is 2. The second kappa shape index (κ2) is 11.6. The number of aryl methyl sites for hydroxylation is 1. The monoisotopic (exact) mass is 460 g/mol. The van der Waals surface area contributed by atoms with Crippen LogP contribution in [0.25, 0.3) is 0 Å². The standard InChI is InChI=1S/C29H33FN2O2/c1-29(2,3)31-28(34)26(20-23-14-8-5-9-15-23)32(21-24-16-10-11-17-25(24)30)27(33)19-18-22-12-6-4-7-13-22/h4-17,26H,18-21H2,1-3H3,(H,31,34)/t26-/m0/s1. The van der Waals surface area contributed by atoms with Gasteiger partial charge in [-0.3, -0.25) is 9.59 Å². The van der Waals surface area contributed by atoms with Gasteiger partial charge in [0, 0.05) is 30.5 Å². The molecule has 5 heteroatoms. The number of hydrogen-bond acceptors (Lipinski definition) is 2. The molecular weight excluding hydrogens is 427 g/mol. The van der Waals surface area contributed by atoms with Crippen molar-refractivity contribution in [3.63, 3.8) is 0 Å². The lowest BCUT2D eigenvalue weighted by atomic mass is 9.99. The van der Waals surface area contributed by atoms with Gasteiger partial charge in [0.15, 0.2) is 0 Å². The molecule has 3 rings (SSSR count). The van der Waals surface area contributed by atoms with Crippen LogP contribution in [0.15, 0.2) is 84.9 Å². The summed E-state index contributed by atoms with van der Waals surface area (Å²) >= 11 is 0. The van der Waals surface area contributed by atoms with Crippen molar-refractivity contribution in [2.24, 2.45) is 0 Å². The molecule has 0 heterocycles. The predicted molar refractivity (Wildman–Crippen MR) is 134 cm³/mol. The van der Waals surface area contributed by atoms with Crippen molar-refractivity contribution in [1.82, 2.24) is 10.2 Å². The zero-order valence-electron chi connectivity index (χ0n) is 20.1. The summed E-state index contributed by atoms with van der Waals surface area (Å²) in [5.74, 6) is -0.823. The van der Waals surface area contributed by atoms with E-state index in [2.05, 4.69) is 5.32 Å². The van der Waals surface area contributed by atoms with Gasteiger partial charge in [-0.05, 0) is 44.4 Å². The van der Waals surface area contributed by atoms with Gasteiger partial charge < -0.3 is 10.2 Å². The molecule has 0 aromatic heterocycles. The number of nitrogens with one attached hydrogen (secondary N) is 1. The molecule has 0 aliphatic carbocycles. The minimum Gasteiger partial charge on any atom is -0.350 e. The van der Waals surface area contributed by atoms with E-state index in [1.165, 1.54) is 11.0 Å². The summed E-state index contributed by atoms with van der Waals surface area (Å²) in [6.45, 7) is 5.74. The lowest BCUT2D eigenvalue weighted by molar-refractivity contribution is -0.142. The Morgan fingerprint density at radius 3 is 2.00 bits per heavy atom. The van der Waals surface area contributed by atoms with Crippen molar-refractivity contribution in [2.75, 3.05) is 0 Å². The van der Waals surface area contributed by atoms with Crippen molar-refractivity contribution < 1.29 is 14.0 Å². The van der Waals surface area contributed by atoms with E-state index in [0.717, 1.165) is 11.1 Å². The van der Waals surface area contributed by atoms with E-state index in [1.807, 2.05) is 81.4 Å². The molecule has 0 unspecified atom stereocenters. The highest BCUT2D eigenvalue weighted by Crippen LogP contribution is 2.19. The molecule has 4 nitrogen and oxygen atoms in total. The zero-order chi connectivity index (χ0) is 24.6. The molecule has 1 atom stereocenters. The summed E-state index contributed by atoms with van der Waals surface area (Å²) in [4.78, 5) is 28.6. The first-order valence-electron chi connectivity index (χ1n) is 11.7. The molecule has 0 saturated heterocycles. The summed E-state index contributed by atoms with van der Waals surface area (Å²) in [6.07, 6.45) is 1.12. The number of benzene rings is 3. The molecule has 2 amide bonds. The van der Waals surface area contributed by atoms with Gasteiger partial charge >= 0.3 is 0 Å². The van der Waals surface area contributed by atoms with E-state index in [1.54, 1.807) is 18.2 Å². The Balaban J connectivity index is 1.94. The van der Waals surface area contributed by atoms with Crippen molar-refractivity contribution in [1.29, 1.82) is 0 Å². The maximum absolute atomic E-state index is 14.6. The fourth-order valence-electron chi connectivity index (χ4n) is 3.86. The predicted octanol–water partition coefficient (Wildman–Crippen LogP) is 5.31. The molecule has 0 saturated carbocycles. The number of hydrogen-bond donors (Lipinski definition) is 1. The maximum Gasteiger partial charge on any atom is 0.243 e. The highest BCUT2D eigenvalue weighted by atomic mass is 19.1. The molecule has 0 aliphatic heterocycles. The van der Waals surface area contributed by atoms with E-state index in [-0.39, 0.29) is 24.8 Å². The number of halogens is 1. The third kappa shape index (κ3) is 7.55. The first-order chi connectivity index (χ1) is 16.2. The molecule has 178 valence electrons. The molecule has 0 bridgehead atoms. The molecule has 0 aliphatic rings. The van der Waals surface area contributed by atoms with Gasteiger partial charge in [0.2, 0.25) is 11.8 Å². The number of amides is 2. The van der Waals surface area contributed by atoms with Crippen molar-refractivity contribution >= 4 is 11.8 Å². The molecule has 0 fully saturated rings. The van der Waals surface area contributed by atoms with Gasteiger partial charge in [-0.25, -0.2) is 4.39 Å². The lowest BCUT2D eigenvalue weighted by Gasteiger charge is -2.34. The second-order valence-electron chi connectivity index (χ2n) is 9.54. The Hall–Kier alpha value is -3.47. The van der Waals surface area contributed by atoms with Crippen LogP contribution in [0.2, 0.25) is 0 Å². The smallest absolute Gasteiger partial charge is 0.243 e. The maximum atomic E-state index is 14.6. The van der Waals surface area contributed by atoms with Crippen LogP contribution in [0.4, 0.5) is 4.39 Å². The lowest BCUT2D eigenvalue weighted by Crippen LogP contribution is -2.54. The van der Waals surface area contributed by atoms with Gasteiger partial charge in [-0.15, -0.1) is 0 Å². The summed E-state index contributed by atoms with van der Waals surface area (Å²) < 4.78 is 14.6. The normalized spacial score (nSPS) is 12.1. The Morgan fingerprint density at radius 1 is 0.853 bits per heavy atom. The number of carbonyl (C=O) groups is 2. The third-order valence-corrected chi connectivity index (χ3v) is 5.54. The molecular formula is C29H33FN2O2. The van der Waals surface area contributed by atoms with Gasteiger partial charge in [-0.1, -0.05) is 78.9 Å². The van der Waals surface area contributed by atoms with E-state index >= 15 is 0 Å². The SMILES string of the molecule is CC(C)(C)NC(=O)[C@H](Cc1ccccc1)N(Cc1ccccc1F)C(=O)CCc1ccccc1. The average Bonchev–Trinajstić information content (AvgIpc) is 2.81. The minimum atomic E-state index is -0.774. The highest BCUT2D eigenvalue weighted by Gasteiger charge is 2.32. The van der Waals surface area contributed by atoms with Crippen molar-refractivity contribution in [3.8, 4) is 0 Å². The van der Waals surface area contributed by atoms with Crippen LogP contribution < -0.4 is 5.32 Å². The highest BCUT2D eigenvalue weighted by molar-refractivity contribution is 5.88. The Morgan fingerprint density at radius 2 is 1.41 bits per heavy atom. The Labute approximate surface area is 201 Å². The Kier molecular flexibility index (Phi) is 8.58. The third-order valence-electron chi connectivity index (χ3n) is 5.54. The van der Waals surface area contributed by atoms with Crippen LogP contribution in [0.3, 0.4) is 0 Å². The van der Waals surface area contributed by atoms with Crippen LogP contribution >= 0.6 is 0 Å². The molecule has 3 aromatic rings. The number of nitrogens with zero attached hydrogens (tertiary/aromatic N) is 1. The molecule has 34 heavy (non-hydrogen) atoms. The molecule has 1 N–H and O–H groups in total. The topological polar surface area (TPSA) is 49.4 Å². The van der Waals surface area contributed by atoms with E-state index < -0.39 is 17.4 Å². The first-order valence-corrected chi connectivity index (χ1v) is 11.7. The second-order valence-corrected chi connectivity index (χ2v) is 9.54. The van der Waals surface area contributed by atoms with E-state index in [9.17, 15) is 14.0 Å². The summed E-state index contributed by atoms with van der Waals surface area (Å²) in [6, 6.07) is 25.0. The fraction of sp³-hybridized carbons (Fsp3) is 0.310. The zero-order valence-corrected chi connectivity index (χ0v) is 20.1. The first kappa shape index (κ1) is 25.2. The summed E-state index contributed by atoms with van der Waals surface area (Å²) in [5, 5.41) is 3.02. The van der Waals surface area contributed by atoms with Crippen LogP contribution in [-0.2, 0) is 29.0 Å². The quantitative estimate of drug-likeness (QED) is 0.470. The van der Waals surface area contributed by atoms with Gasteiger partial charge in [0.1, 0.15) is 11.9 Å². The fourth-order valence-corrected chi connectivity index (χ4v) is 3.86. The summed E-state index contributed by atoms with van der Waals surface area (Å²) in [7, 11) is 0. The van der Waals surface area contributed by atoms with Gasteiger partial charge in [0.05, 0.1) is 0 Å². The van der Waals surface area contributed by atoms with Crippen LogP contribution in [0, 0.1) is 5.82 Å².